The summed E-state index contributed by atoms with van der Waals surface area (Å²) < 4.78 is 5.77. The van der Waals surface area contributed by atoms with E-state index in [0.29, 0.717) is 30.9 Å². The Bertz CT molecular complexity index is 1150. The van der Waals surface area contributed by atoms with E-state index in [1.54, 1.807) is 6.07 Å². The van der Waals surface area contributed by atoms with E-state index in [1.165, 1.54) is 6.42 Å². The third-order valence-corrected chi connectivity index (χ3v) is 6.28. The van der Waals surface area contributed by atoms with E-state index < -0.39 is 0 Å². The Morgan fingerprint density at radius 3 is 2.64 bits per heavy atom. The Balaban J connectivity index is 1.53. The first-order valence-corrected chi connectivity index (χ1v) is 12.7. The first kappa shape index (κ1) is 25.4. The number of nitrogens with one attached hydrogen (secondary N) is 3. The first-order valence-electron chi connectivity index (χ1n) is 12.7. The Hall–Kier alpha value is -3.65. The van der Waals surface area contributed by atoms with Crippen molar-refractivity contribution in [3.05, 3.63) is 77.1 Å². The zero-order valence-electron chi connectivity index (χ0n) is 20.9. The van der Waals surface area contributed by atoms with Crippen molar-refractivity contribution in [1.29, 1.82) is 0 Å². The Morgan fingerprint density at radius 1 is 1.03 bits per heavy atom. The summed E-state index contributed by atoms with van der Waals surface area (Å²) in [6.07, 6.45) is 5.44. The molecule has 1 aliphatic heterocycles. The minimum atomic E-state index is -0.171. The summed E-state index contributed by atoms with van der Waals surface area (Å²) in [5.41, 5.74) is 4.04. The van der Waals surface area contributed by atoms with Crippen LogP contribution in [0.25, 0.3) is 0 Å². The molecule has 8 heteroatoms. The third-order valence-electron chi connectivity index (χ3n) is 6.28. The van der Waals surface area contributed by atoms with Crippen molar-refractivity contribution in [3.8, 4) is 5.75 Å². The fraction of sp³-hybridized carbons (Fsp3) is 0.393. The van der Waals surface area contributed by atoms with Crippen LogP contribution in [-0.2, 0) is 17.9 Å². The number of carbonyl (C=O) groups excluding carboxylic acids is 2. The first-order chi connectivity index (χ1) is 17.6. The van der Waals surface area contributed by atoms with E-state index >= 15 is 0 Å². The molecule has 4 rings (SSSR count). The van der Waals surface area contributed by atoms with E-state index in [2.05, 4.69) is 20.8 Å². The van der Waals surface area contributed by atoms with E-state index in [-0.39, 0.29) is 18.4 Å². The molecular weight excluding hydrogens is 454 g/mol. The highest BCUT2D eigenvalue weighted by Gasteiger charge is 2.21. The fourth-order valence-electron chi connectivity index (χ4n) is 4.36. The molecule has 1 aliphatic rings. The maximum Gasteiger partial charge on any atom is 0.264 e. The van der Waals surface area contributed by atoms with Gasteiger partial charge in [-0.15, -0.1) is 0 Å². The molecule has 36 heavy (non-hydrogen) atoms. The number of ether oxygens (including phenoxy) is 1. The van der Waals surface area contributed by atoms with Crippen LogP contribution < -0.4 is 20.3 Å². The van der Waals surface area contributed by atoms with Crippen molar-refractivity contribution >= 4 is 17.5 Å². The second-order valence-corrected chi connectivity index (χ2v) is 9.16. The third kappa shape index (κ3) is 7.18. The largest absolute Gasteiger partial charge is 0.484 e. The average molecular weight is 490 g/mol. The smallest absolute Gasteiger partial charge is 0.264 e. The van der Waals surface area contributed by atoms with Crippen LogP contribution in [0.2, 0.25) is 0 Å². The summed E-state index contributed by atoms with van der Waals surface area (Å²) in [6.45, 7) is 4.33. The topological polar surface area (TPSA) is 99.3 Å². The van der Waals surface area contributed by atoms with Gasteiger partial charge in [-0.1, -0.05) is 37.5 Å². The zero-order chi connectivity index (χ0) is 25.2. The molecule has 190 valence electrons. The highest BCUT2D eigenvalue weighted by molar-refractivity contribution is 5.98. The Kier molecular flexibility index (Phi) is 9.10. The summed E-state index contributed by atoms with van der Waals surface area (Å²) in [7, 11) is 0. The lowest BCUT2D eigenvalue weighted by Gasteiger charge is -2.26. The van der Waals surface area contributed by atoms with Crippen LogP contribution in [0.1, 0.15) is 59.4 Å². The zero-order valence-corrected chi connectivity index (χ0v) is 20.9. The van der Waals surface area contributed by atoms with Gasteiger partial charge in [0, 0.05) is 30.0 Å². The standard InChI is InChI=1S/C28H35N5O3/c1-21-16-24(32-31-21)19-30-28(35)22-12-13-26-23(17-22)18-29-14-8-3-2-4-9-15-33(26)27(34)20-36-25-10-6-5-7-11-25/h5-7,10-13,16-17,29H,2-4,8-9,14-15,18-20H2,1H3,(H,30,35)(H,31,32). The molecule has 2 amide bonds. The number of hydrogen-bond donors (Lipinski definition) is 3. The van der Waals surface area contributed by atoms with E-state index in [0.717, 1.165) is 54.9 Å². The van der Waals surface area contributed by atoms with Gasteiger partial charge in [0.1, 0.15) is 5.75 Å². The number of rotatable bonds is 6. The van der Waals surface area contributed by atoms with Crippen molar-refractivity contribution in [1.82, 2.24) is 20.8 Å². The highest BCUT2D eigenvalue weighted by Crippen LogP contribution is 2.25. The van der Waals surface area contributed by atoms with Gasteiger partial charge in [0.25, 0.3) is 11.8 Å². The molecular formula is C28H35N5O3. The van der Waals surface area contributed by atoms with Crippen LogP contribution in [-0.4, -0.2) is 41.7 Å². The molecule has 3 N–H and O–H groups in total. The van der Waals surface area contributed by atoms with Crippen LogP contribution in [0.4, 0.5) is 5.69 Å². The predicted octanol–water partition coefficient (Wildman–Crippen LogP) is 4.11. The molecule has 3 aromatic rings. The van der Waals surface area contributed by atoms with E-state index in [9.17, 15) is 9.59 Å². The SMILES string of the molecule is Cc1cc(CNC(=O)c2ccc3c(c2)CNCCCCCCCN3C(=O)COc2ccccc2)n[nH]1. The molecule has 1 aromatic heterocycles. The second kappa shape index (κ2) is 12.9. The Labute approximate surface area is 212 Å². The van der Waals surface area contributed by atoms with Crippen LogP contribution in [0.5, 0.6) is 5.75 Å². The highest BCUT2D eigenvalue weighted by atomic mass is 16.5. The summed E-state index contributed by atoms with van der Waals surface area (Å²) in [4.78, 5) is 28.0. The maximum absolute atomic E-state index is 13.3. The lowest BCUT2D eigenvalue weighted by atomic mass is 10.0. The molecule has 0 radical (unpaired) electrons. The second-order valence-electron chi connectivity index (χ2n) is 9.16. The lowest BCUT2D eigenvalue weighted by Crippen LogP contribution is -2.37. The number of amides is 2. The van der Waals surface area contributed by atoms with Gasteiger partial charge in [0.05, 0.1) is 12.2 Å². The predicted molar refractivity (Wildman–Crippen MR) is 140 cm³/mol. The van der Waals surface area contributed by atoms with E-state index in [4.69, 9.17) is 4.74 Å². The van der Waals surface area contributed by atoms with Crippen molar-refractivity contribution in [2.24, 2.45) is 0 Å². The van der Waals surface area contributed by atoms with Gasteiger partial charge in [-0.05, 0) is 68.3 Å². The van der Waals surface area contributed by atoms with Crippen LogP contribution >= 0.6 is 0 Å². The number of hydrogen-bond acceptors (Lipinski definition) is 5. The van der Waals surface area contributed by atoms with Crippen LogP contribution in [0.3, 0.4) is 0 Å². The van der Waals surface area contributed by atoms with Crippen molar-refractivity contribution in [2.45, 2.75) is 52.1 Å². The number of H-pyrrole nitrogens is 1. The summed E-state index contributed by atoms with van der Waals surface area (Å²) >= 11 is 0. The number of aromatic amines is 1. The minimum Gasteiger partial charge on any atom is -0.484 e. The number of carbonyl (C=O) groups is 2. The maximum atomic E-state index is 13.3. The summed E-state index contributed by atoms with van der Waals surface area (Å²) in [5, 5.41) is 13.5. The minimum absolute atomic E-state index is 0.0395. The number of anilines is 1. The van der Waals surface area contributed by atoms with Gasteiger partial charge in [-0.25, -0.2) is 0 Å². The summed E-state index contributed by atoms with van der Waals surface area (Å²) in [5.74, 6) is 0.402. The van der Waals surface area contributed by atoms with Gasteiger partial charge in [0.2, 0.25) is 0 Å². The number of para-hydroxylation sites is 1. The molecule has 0 saturated heterocycles. The molecule has 8 nitrogen and oxygen atoms in total. The van der Waals surface area contributed by atoms with Gasteiger partial charge in [-0.3, -0.25) is 14.7 Å². The molecule has 0 spiro atoms. The fourth-order valence-corrected chi connectivity index (χ4v) is 4.36. The van der Waals surface area contributed by atoms with Crippen molar-refractivity contribution in [3.63, 3.8) is 0 Å². The number of aromatic nitrogens is 2. The molecule has 2 aromatic carbocycles. The summed E-state index contributed by atoms with van der Waals surface area (Å²) in [6, 6.07) is 16.8. The number of fused-ring (bicyclic) bond motifs is 1. The molecule has 0 bridgehead atoms. The number of benzene rings is 2. The van der Waals surface area contributed by atoms with E-state index in [1.807, 2.05) is 60.4 Å². The molecule has 0 aliphatic carbocycles. The Morgan fingerprint density at radius 2 is 1.83 bits per heavy atom. The van der Waals surface area contributed by atoms with Gasteiger partial charge in [-0.2, -0.15) is 5.10 Å². The van der Waals surface area contributed by atoms with Crippen molar-refractivity contribution < 1.29 is 14.3 Å². The average Bonchev–Trinajstić information content (AvgIpc) is 3.31. The normalized spacial score (nSPS) is 14.8. The molecule has 0 atom stereocenters. The molecule has 2 heterocycles. The molecule has 0 unspecified atom stereocenters. The van der Waals surface area contributed by atoms with Crippen LogP contribution in [0, 0.1) is 6.92 Å². The van der Waals surface area contributed by atoms with Gasteiger partial charge >= 0.3 is 0 Å². The van der Waals surface area contributed by atoms with Gasteiger partial charge in [0.15, 0.2) is 6.61 Å². The lowest BCUT2D eigenvalue weighted by molar-refractivity contribution is -0.120. The van der Waals surface area contributed by atoms with Crippen molar-refractivity contribution in [2.75, 3.05) is 24.6 Å². The van der Waals surface area contributed by atoms with Crippen LogP contribution in [0.15, 0.2) is 54.6 Å². The number of aryl methyl sites for hydroxylation is 1. The quantitative estimate of drug-likeness (QED) is 0.484. The monoisotopic (exact) mass is 489 g/mol. The van der Waals surface area contributed by atoms with Gasteiger partial charge < -0.3 is 20.3 Å². The molecule has 0 fully saturated rings. The molecule has 0 saturated carbocycles. The number of nitrogens with zero attached hydrogens (tertiary/aromatic N) is 2.